The van der Waals surface area contributed by atoms with Crippen molar-refractivity contribution < 1.29 is 4.79 Å². The predicted octanol–water partition coefficient (Wildman–Crippen LogP) is 3.25. The Morgan fingerprint density at radius 1 is 1.20 bits per heavy atom. The van der Waals surface area contributed by atoms with Crippen LogP contribution in [0.1, 0.15) is 20.8 Å². The Balaban J connectivity index is -0.000000245. The van der Waals surface area contributed by atoms with E-state index >= 15 is 0 Å². The summed E-state index contributed by atoms with van der Waals surface area (Å²) < 4.78 is 0. The zero-order valence-electron chi connectivity index (χ0n) is 10.3. The number of hydrogen-bond acceptors (Lipinski definition) is 1. The number of rotatable bonds is 3. The summed E-state index contributed by atoms with van der Waals surface area (Å²) in [7, 11) is 1.57. The number of carbonyl (C=O) groups excluding carboxylic acids is 1. The first-order valence-corrected chi connectivity index (χ1v) is 4.92. The molecule has 0 spiro atoms. The molecule has 0 aromatic carbocycles. The molecule has 0 bridgehead atoms. The molecule has 1 N–H and O–H groups in total. The average molecular weight is 209 g/mol. The third kappa shape index (κ3) is 15.2. The van der Waals surface area contributed by atoms with Gasteiger partial charge >= 0.3 is 0 Å². The summed E-state index contributed by atoms with van der Waals surface area (Å²) in [6.07, 6.45) is 6.39. The van der Waals surface area contributed by atoms with E-state index in [0.717, 1.165) is 0 Å². The Labute approximate surface area is 94.1 Å². The lowest BCUT2D eigenvalue weighted by Gasteiger charge is -1.96. The molecule has 0 aliphatic rings. The predicted molar refractivity (Wildman–Crippen MR) is 69.8 cm³/mol. The molecule has 15 heavy (non-hydrogen) atoms. The average Bonchev–Trinajstić information content (AvgIpc) is 2.28. The highest BCUT2D eigenvalue weighted by atomic mass is 16.1. The summed E-state index contributed by atoms with van der Waals surface area (Å²) in [5.74, 6) is -0.144. The number of carbonyl (C=O) groups is 1. The van der Waals surface area contributed by atoms with Gasteiger partial charge in [-0.05, 0) is 6.92 Å². The largest absolute Gasteiger partial charge is 0.355 e. The molecule has 86 valence electrons. The molecule has 0 heterocycles. The molecule has 0 unspecified atom stereocenters. The molecule has 1 amide bonds. The normalized spacial score (nSPS) is 8.13. The summed E-state index contributed by atoms with van der Waals surface area (Å²) in [4.78, 5) is 10.8. The van der Waals surface area contributed by atoms with Crippen LogP contribution >= 0.6 is 0 Å². The Morgan fingerprint density at radius 2 is 1.60 bits per heavy atom. The van der Waals surface area contributed by atoms with Crippen molar-refractivity contribution in [1.82, 2.24) is 5.32 Å². The molecular weight excluding hydrogens is 186 g/mol. The van der Waals surface area contributed by atoms with E-state index in [0.29, 0.717) is 5.57 Å². The number of nitrogens with one attached hydrogen (secondary N) is 1. The van der Waals surface area contributed by atoms with Crippen LogP contribution in [-0.4, -0.2) is 13.0 Å². The lowest BCUT2D eigenvalue weighted by atomic mass is 10.2. The van der Waals surface area contributed by atoms with Crippen LogP contribution in [0, 0.1) is 0 Å². The first-order valence-electron chi connectivity index (χ1n) is 4.92. The van der Waals surface area contributed by atoms with Gasteiger partial charge in [0, 0.05) is 12.6 Å². The maximum absolute atomic E-state index is 10.8. The van der Waals surface area contributed by atoms with Gasteiger partial charge in [-0.25, -0.2) is 0 Å². The van der Waals surface area contributed by atoms with Crippen LogP contribution in [-0.2, 0) is 4.79 Å². The van der Waals surface area contributed by atoms with Gasteiger partial charge in [-0.2, -0.15) is 0 Å². The standard InChI is InChI=1S/C8H11NO.C3H6.C2H6/c1-4-6-7(5-2)8(10)9-3;1-3-2;1-2/h4-6H,1-2H2,3H3,(H,9,10);3H,1H2,2H3;1-2H3/b7-6+;;. The highest BCUT2D eigenvalue weighted by Gasteiger charge is 1.98. The highest BCUT2D eigenvalue weighted by molar-refractivity contribution is 5.96. The molecule has 0 saturated carbocycles. The molecule has 0 radical (unpaired) electrons. The van der Waals surface area contributed by atoms with Gasteiger partial charge in [-0.15, -0.1) is 6.58 Å². The second-order valence-electron chi connectivity index (χ2n) is 2.05. The molecular formula is C13H23NO. The summed E-state index contributed by atoms with van der Waals surface area (Å²) >= 11 is 0. The van der Waals surface area contributed by atoms with Gasteiger partial charge < -0.3 is 5.32 Å². The van der Waals surface area contributed by atoms with Gasteiger partial charge in [0.2, 0.25) is 0 Å². The Hall–Kier alpha value is -1.57. The Bertz CT molecular complexity index is 215. The molecule has 0 atom stereocenters. The third-order valence-electron chi connectivity index (χ3n) is 1.01. The van der Waals surface area contributed by atoms with Crippen molar-refractivity contribution in [3.8, 4) is 0 Å². The van der Waals surface area contributed by atoms with Crippen LogP contribution < -0.4 is 5.32 Å². The van der Waals surface area contributed by atoms with E-state index in [-0.39, 0.29) is 5.91 Å². The van der Waals surface area contributed by atoms with Crippen LogP contribution in [0.25, 0.3) is 0 Å². The van der Waals surface area contributed by atoms with E-state index in [1.54, 1.807) is 25.3 Å². The maximum Gasteiger partial charge on any atom is 0.250 e. The molecule has 0 aromatic heterocycles. The van der Waals surface area contributed by atoms with E-state index in [2.05, 4.69) is 25.1 Å². The van der Waals surface area contributed by atoms with E-state index < -0.39 is 0 Å². The molecule has 0 rings (SSSR count). The molecule has 0 aromatic rings. The molecule has 0 fully saturated rings. The zero-order chi connectivity index (χ0) is 12.7. The number of amides is 1. The van der Waals surface area contributed by atoms with E-state index in [9.17, 15) is 4.79 Å². The van der Waals surface area contributed by atoms with Gasteiger partial charge in [0.05, 0.1) is 0 Å². The van der Waals surface area contributed by atoms with Crippen molar-refractivity contribution in [3.05, 3.63) is 49.6 Å². The minimum absolute atomic E-state index is 0.144. The van der Waals surface area contributed by atoms with Crippen LogP contribution in [0.5, 0.6) is 0 Å². The summed E-state index contributed by atoms with van der Waals surface area (Å²) in [6.45, 7) is 16.2. The fourth-order valence-electron chi connectivity index (χ4n) is 0.508. The minimum Gasteiger partial charge on any atom is -0.355 e. The van der Waals surface area contributed by atoms with Crippen molar-refractivity contribution in [2.24, 2.45) is 0 Å². The minimum atomic E-state index is -0.144. The van der Waals surface area contributed by atoms with Gasteiger partial charge in [0.15, 0.2) is 0 Å². The lowest BCUT2D eigenvalue weighted by molar-refractivity contribution is -0.116. The van der Waals surface area contributed by atoms with Crippen molar-refractivity contribution in [2.45, 2.75) is 20.8 Å². The first-order chi connectivity index (χ1) is 7.17. The molecule has 0 aliphatic heterocycles. The Morgan fingerprint density at radius 3 is 1.80 bits per heavy atom. The van der Waals surface area contributed by atoms with Crippen LogP contribution in [0.3, 0.4) is 0 Å². The summed E-state index contributed by atoms with van der Waals surface area (Å²) in [5.41, 5.74) is 0.525. The van der Waals surface area contributed by atoms with Crippen LogP contribution in [0.15, 0.2) is 49.6 Å². The van der Waals surface area contributed by atoms with E-state index in [1.807, 2.05) is 20.8 Å². The molecule has 2 nitrogen and oxygen atoms in total. The third-order valence-corrected chi connectivity index (χ3v) is 1.01. The Kier molecular flexibility index (Phi) is 23.2. The fourth-order valence-corrected chi connectivity index (χ4v) is 0.508. The van der Waals surface area contributed by atoms with Crippen molar-refractivity contribution in [3.63, 3.8) is 0 Å². The zero-order valence-corrected chi connectivity index (χ0v) is 10.3. The second kappa shape index (κ2) is 18.3. The number of likely N-dealkylation sites (N-methyl/N-ethyl adjacent to an activating group) is 1. The van der Waals surface area contributed by atoms with Gasteiger partial charge in [0.25, 0.3) is 5.91 Å². The number of hydrogen-bond donors (Lipinski definition) is 1. The van der Waals surface area contributed by atoms with Crippen molar-refractivity contribution in [2.75, 3.05) is 7.05 Å². The van der Waals surface area contributed by atoms with Crippen LogP contribution in [0.2, 0.25) is 0 Å². The lowest BCUT2D eigenvalue weighted by Crippen LogP contribution is -2.18. The van der Waals surface area contributed by atoms with E-state index in [1.165, 1.54) is 6.08 Å². The SMILES string of the molecule is C=C/C=C(\C=C)C(=O)NC.C=CC.CC. The fraction of sp³-hybridized carbons (Fsp3) is 0.308. The van der Waals surface area contributed by atoms with Gasteiger partial charge in [0.1, 0.15) is 0 Å². The van der Waals surface area contributed by atoms with E-state index in [4.69, 9.17) is 0 Å². The van der Waals surface area contributed by atoms with Crippen LogP contribution in [0.4, 0.5) is 0 Å². The monoisotopic (exact) mass is 209 g/mol. The topological polar surface area (TPSA) is 29.1 Å². The molecule has 0 aliphatic carbocycles. The quantitative estimate of drug-likeness (QED) is 0.431. The maximum atomic E-state index is 10.8. The van der Waals surface area contributed by atoms with Crippen molar-refractivity contribution in [1.29, 1.82) is 0 Å². The number of allylic oxidation sites excluding steroid dienone is 3. The summed E-state index contributed by atoms with van der Waals surface area (Å²) in [5, 5.41) is 2.47. The highest BCUT2D eigenvalue weighted by Crippen LogP contribution is 1.94. The summed E-state index contributed by atoms with van der Waals surface area (Å²) in [6, 6.07) is 0. The first kappa shape index (κ1) is 19.1. The smallest absolute Gasteiger partial charge is 0.250 e. The second-order valence-corrected chi connectivity index (χ2v) is 2.05. The van der Waals surface area contributed by atoms with Gasteiger partial charge in [-0.1, -0.05) is 51.3 Å². The molecule has 2 heteroatoms. The molecule has 0 saturated heterocycles. The van der Waals surface area contributed by atoms with Gasteiger partial charge in [-0.3, -0.25) is 4.79 Å². The van der Waals surface area contributed by atoms with Crippen molar-refractivity contribution >= 4 is 5.91 Å².